The summed E-state index contributed by atoms with van der Waals surface area (Å²) < 4.78 is 0. The van der Waals surface area contributed by atoms with Crippen LogP contribution in [0.1, 0.15) is 22.0 Å². The second kappa shape index (κ2) is 4.67. The van der Waals surface area contributed by atoms with Crippen LogP contribution < -0.4 is 0 Å². The molecule has 0 aromatic carbocycles. The summed E-state index contributed by atoms with van der Waals surface area (Å²) in [5.41, 5.74) is 1.14. The minimum absolute atomic E-state index is 0.903. The first-order valence-corrected chi connectivity index (χ1v) is 5.40. The second-order valence-electron chi connectivity index (χ2n) is 2.61. The van der Waals surface area contributed by atoms with E-state index in [0.29, 0.717) is 0 Å². The van der Waals surface area contributed by atoms with Crippen LogP contribution in [0.25, 0.3) is 6.08 Å². The normalized spacial score (nSPS) is 11.2. The second-order valence-corrected chi connectivity index (χ2v) is 4.29. The van der Waals surface area contributed by atoms with E-state index < -0.39 is 0 Å². The van der Waals surface area contributed by atoms with Crippen molar-refractivity contribution in [3.05, 3.63) is 21.7 Å². The van der Waals surface area contributed by atoms with E-state index in [4.69, 9.17) is 0 Å². The number of thiol groups is 1. The number of thiazole rings is 1. The third kappa shape index (κ3) is 2.64. The Morgan fingerprint density at radius 1 is 1.50 bits per heavy atom. The zero-order valence-electron chi connectivity index (χ0n) is 7.37. The van der Waals surface area contributed by atoms with Gasteiger partial charge in [0.25, 0.3) is 0 Å². The molecular weight excluding hydrogens is 186 g/mol. The van der Waals surface area contributed by atoms with Crippen LogP contribution >= 0.6 is 24.0 Å². The molecule has 0 saturated carbocycles. The van der Waals surface area contributed by atoms with Gasteiger partial charge in [-0.3, -0.25) is 0 Å². The van der Waals surface area contributed by atoms with E-state index in [9.17, 15) is 0 Å². The van der Waals surface area contributed by atoms with Crippen molar-refractivity contribution in [3.63, 3.8) is 0 Å². The van der Waals surface area contributed by atoms with Crippen LogP contribution in [0.15, 0.2) is 6.08 Å². The first kappa shape index (κ1) is 9.81. The molecule has 12 heavy (non-hydrogen) atoms. The molecule has 0 bridgehead atoms. The van der Waals surface area contributed by atoms with E-state index in [1.54, 1.807) is 11.3 Å². The van der Waals surface area contributed by atoms with Crippen LogP contribution in [0.5, 0.6) is 0 Å². The Kier molecular flexibility index (Phi) is 3.82. The van der Waals surface area contributed by atoms with Crippen molar-refractivity contribution >= 4 is 30.0 Å². The topological polar surface area (TPSA) is 12.9 Å². The highest BCUT2D eigenvalue weighted by atomic mass is 32.1. The maximum absolute atomic E-state index is 4.39. The van der Waals surface area contributed by atoms with E-state index >= 15 is 0 Å². The van der Waals surface area contributed by atoms with Gasteiger partial charge < -0.3 is 0 Å². The Hall–Kier alpha value is -0.280. The van der Waals surface area contributed by atoms with Crippen molar-refractivity contribution in [2.75, 3.05) is 5.75 Å². The SMILES string of the molecule is Cc1nc(C=CCCS)sc1C. The Balaban J connectivity index is 2.64. The van der Waals surface area contributed by atoms with Gasteiger partial charge in [0.15, 0.2) is 0 Å². The van der Waals surface area contributed by atoms with Crippen molar-refractivity contribution in [2.24, 2.45) is 0 Å². The molecule has 0 fully saturated rings. The van der Waals surface area contributed by atoms with Crippen LogP contribution in [-0.2, 0) is 0 Å². The van der Waals surface area contributed by atoms with Crippen molar-refractivity contribution in [3.8, 4) is 0 Å². The monoisotopic (exact) mass is 199 g/mol. The first-order chi connectivity index (χ1) is 5.74. The van der Waals surface area contributed by atoms with Gasteiger partial charge in [-0.15, -0.1) is 11.3 Å². The fraction of sp³-hybridized carbons (Fsp3) is 0.444. The van der Waals surface area contributed by atoms with Gasteiger partial charge in [0.1, 0.15) is 5.01 Å². The zero-order valence-corrected chi connectivity index (χ0v) is 9.08. The van der Waals surface area contributed by atoms with E-state index in [2.05, 4.69) is 36.7 Å². The summed E-state index contributed by atoms with van der Waals surface area (Å²) in [6.07, 6.45) is 5.20. The third-order valence-electron chi connectivity index (χ3n) is 1.60. The number of hydrogen-bond acceptors (Lipinski definition) is 3. The molecule has 0 aliphatic rings. The van der Waals surface area contributed by atoms with Crippen LogP contribution in [0.2, 0.25) is 0 Å². The van der Waals surface area contributed by atoms with Crippen LogP contribution in [0, 0.1) is 13.8 Å². The zero-order chi connectivity index (χ0) is 8.97. The Morgan fingerprint density at radius 2 is 2.25 bits per heavy atom. The van der Waals surface area contributed by atoms with E-state index in [1.165, 1.54) is 4.88 Å². The van der Waals surface area contributed by atoms with Gasteiger partial charge in [0, 0.05) is 4.88 Å². The third-order valence-corrected chi connectivity index (χ3v) is 2.90. The molecule has 1 nitrogen and oxygen atoms in total. The molecule has 1 aromatic heterocycles. The summed E-state index contributed by atoms with van der Waals surface area (Å²) in [5.74, 6) is 0.903. The van der Waals surface area contributed by atoms with Gasteiger partial charge in [-0.2, -0.15) is 12.6 Å². The Bertz CT molecular complexity index is 257. The van der Waals surface area contributed by atoms with Gasteiger partial charge >= 0.3 is 0 Å². The highest BCUT2D eigenvalue weighted by Crippen LogP contribution is 2.17. The molecule has 66 valence electrons. The number of aryl methyl sites for hydroxylation is 2. The fourth-order valence-corrected chi connectivity index (χ4v) is 1.83. The molecule has 0 spiro atoms. The molecule has 0 aliphatic heterocycles. The minimum Gasteiger partial charge on any atom is -0.242 e. The maximum atomic E-state index is 4.39. The molecule has 3 heteroatoms. The van der Waals surface area contributed by atoms with Gasteiger partial charge in [0.05, 0.1) is 5.69 Å². The summed E-state index contributed by atoms with van der Waals surface area (Å²) in [5, 5.41) is 1.10. The molecule has 1 aromatic rings. The van der Waals surface area contributed by atoms with E-state index in [0.717, 1.165) is 22.9 Å². The summed E-state index contributed by atoms with van der Waals surface area (Å²) in [6, 6.07) is 0. The summed E-state index contributed by atoms with van der Waals surface area (Å²) in [7, 11) is 0. The lowest BCUT2D eigenvalue weighted by atomic mass is 10.4. The van der Waals surface area contributed by atoms with Gasteiger partial charge in [0.2, 0.25) is 0 Å². The number of nitrogens with zero attached hydrogens (tertiary/aromatic N) is 1. The quantitative estimate of drug-likeness (QED) is 0.738. The molecule has 0 saturated heterocycles. The number of aromatic nitrogens is 1. The highest BCUT2D eigenvalue weighted by molar-refractivity contribution is 7.80. The lowest BCUT2D eigenvalue weighted by molar-refractivity contribution is 1.21. The maximum Gasteiger partial charge on any atom is 0.116 e. The molecule has 0 unspecified atom stereocenters. The summed E-state index contributed by atoms with van der Waals surface area (Å²) in [4.78, 5) is 5.69. The first-order valence-electron chi connectivity index (χ1n) is 3.95. The van der Waals surface area contributed by atoms with Gasteiger partial charge in [-0.1, -0.05) is 6.08 Å². The molecule has 0 atom stereocenters. The molecule has 1 rings (SSSR count). The van der Waals surface area contributed by atoms with Crippen molar-refractivity contribution in [1.29, 1.82) is 0 Å². The molecular formula is C9H13NS2. The molecule has 1 heterocycles. The standard InChI is InChI=1S/C9H13NS2/c1-7-8(2)12-9(10-7)5-3-4-6-11/h3,5,11H,4,6H2,1-2H3. The average Bonchev–Trinajstić information content (AvgIpc) is 2.32. The van der Waals surface area contributed by atoms with Gasteiger partial charge in [-0.05, 0) is 32.1 Å². The van der Waals surface area contributed by atoms with Crippen LogP contribution in [-0.4, -0.2) is 10.7 Å². The molecule has 0 radical (unpaired) electrons. The predicted octanol–water partition coefficient (Wildman–Crippen LogP) is 3.09. The lowest BCUT2D eigenvalue weighted by Gasteiger charge is -1.82. The van der Waals surface area contributed by atoms with E-state index in [1.807, 2.05) is 6.92 Å². The molecule has 0 aliphatic carbocycles. The largest absolute Gasteiger partial charge is 0.242 e. The minimum atomic E-state index is 0.903. The summed E-state index contributed by atoms with van der Waals surface area (Å²) in [6.45, 7) is 4.14. The fourth-order valence-electron chi connectivity index (χ4n) is 0.828. The number of hydrogen-bond donors (Lipinski definition) is 1. The van der Waals surface area contributed by atoms with Crippen LogP contribution in [0.3, 0.4) is 0 Å². The van der Waals surface area contributed by atoms with E-state index in [-0.39, 0.29) is 0 Å². The van der Waals surface area contributed by atoms with Crippen molar-refractivity contribution < 1.29 is 0 Å². The Labute approximate surface area is 82.9 Å². The number of allylic oxidation sites excluding steroid dienone is 1. The van der Waals surface area contributed by atoms with Crippen molar-refractivity contribution in [2.45, 2.75) is 20.3 Å². The molecule has 0 amide bonds. The lowest BCUT2D eigenvalue weighted by Crippen LogP contribution is -1.73. The Morgan fingerprint density at radius 3 is 2.75 bits per heavy atom. The smallest absolute Gasteiger partial charge is 0.116 e. The summed E-state index contributed by atoms with van der Waals surface area (Å²) >= 11 is 5.87. The number of rotatable bonds is 3. The average molecular weight is 199 g/mol. The van der Waals surface area contributed by atoms with Crippen molar-refractivity contribution in [1.82, 2.24) is 4.98 Å². The van der Waals surface area contributed by atoms with Crippen LogP contribution in [0.4, 0.5) is 0 Å². The highest BCUT2D eigenvalue weighted by Gasteiger charge is 1.98. The van der Waals surface area contributed by atoms with Gasteiger partial charge in [-0.25, -0.2) is 4.98 Å². The predicted molar refractivity (Wildman–Crippen MR) is 59.1 cm³/mol. The molecule has 0 N–H and O–H groups in total.